The molecule has 1 saturated heterocycles. The van der Waals surface area contributed by atoms with Crippen LogP contribution in [-0.4, -0.2) is 11.3 Å². The highest BCUT2D eigenvalue weighted by atomic mass is 31.1. The lowest BCUT2D eigenvalue weighted by Gasteiger charge is -2.23. The van der Waals surface area contributed by atoms with E-state index in [1.165, 1.54) is 47.1 Å². The Morgan fingerprint density at radius 2 is 1.62 bits per heavy atom. The minimum atomic E-state index is 0.916. The SMILES string of the molecule is CC1CCCCCCC(C(C)C)P1. The third-order valence-corrected chi connectivity index (χ3v) is 5.45. The Hall–Kier alpha value is 0.430. The normalized spacial score (nSPS) is 34.2. The highest BCUT2D eigenvalue weighted by molar-refractivity contribution is 7.39. The molecule has 1 heterocycles. The molecule has 1 aliphatic rings. The van der Waals surface area contributed by atoms with Crippen LogP contribution in [0, 0.1) is 5.92 Å². The smallest absolute Gasteiger partial charge is 0.0211 e. The zero-order valence-corrected chi connectivity index (χ0v) is 10.5. The average Bonchev–Trinajstić information content (AvgIpc) is 2.16. The third-order valence-electron chi connectivity index (χ3n) is 3.21. The van der Waals surface area contributed by atoms with Crippen molar-refractivity contribution in [2.24, 2.45) is 5.92 Å². The van der Waals surface area contributed by atoms with Crippen LogP contribution in [0.3, 0.4) is 0 Å². The lowest BCUT2D eigenvalue weighted by atomic mass is 10.0. The van der Waals surface area contributed by atoms with E-state index in [0.29, 0.717) is 0 Å². The maximum Gasteiger partial charge on any atom is -0.0211 e. The molecular formula is C12H25P. The van der Waals surface area contributed by atoms with Crippen molar-refractivity contribution in [1.29, 1.82) is 0 Å². The van der Waals surface area contributed by atoms with E-state index in [0.717, 1.165) is 17.2 Å². The lowest BCUT2D eigenvalue weighted by Crippen LogP contribution is -2.12. The van der Waals surface area contributed by atoms with Crippen molar-refractivity contribution in [3.63, 3.8) is 0 Å². The van der Waals surface area contributed by atoms with Gasteiger partial charge in [-0.25, -0.2) is 0 Å². The van der Waals surface area contributed by atoms with Crippen LogP contribution in [0.25, 0.3) is 0 Å². The van der Waals surface area contributed by atoms with Gasteiger partial charge in [-0.1, -0.05) is 46.5 Å². The summed E-state index contributed by atoms with van der Waals surface area (Å²) in [7, 11) is 1.23. The Kier molecular flexibility index (Phi) is 5.32. The van der Waals surface area contributed by atoms with Crippen LogP contribution in [0.5, 0.6) is 0 Å². The molecule has 0 saturated carbocycles. The van der Waals surface area contributed by atoms with Gasteiger partial charge < -0.3 is 0 Å². The van der Waals surface area contributed by atoms with E-state index in [-0.39, 0.29) is 0 Å². The fourth-order valence-corrected chi connectivity index (χ4v) is 4.08. The van der Waals surface area contributed by atoms with Crippen LogP contribution in [0.15, 0.2) is 0 Å². The van der Waals surface area contributed by atoms with Crippen molar-refractivity contribution in [2.45, 2.75) is 70.6 Å². The van der Waals surface area contributed by atoms with E-state index in [1.807, 2.05) is 0 Å². The number of hydrogen-bond donors (Lipinski definition) is 0. The Bertz CT molecular complexity index is 131. The zero-order chi connectivity index (χ0) is 9.68. The van der Waals surface area contributed by atoms with Gasteiger partial charge in [0.2, 0.25) is 0 Å². The Morgan fingerprint density at radius 1 is 1.00 bits per heavy atom. The molecule has 0 aromatic carbocycles. The van der Waals surface area contributed by atoms with E-state index < -0.39 is 0 Å². The molecule has 0 N–H and O–H groups in total. The van der Waals surface area contributed by atoms with Crippen LogP contribution in [0.4, 0.5) is 0 Å². The predicted molar refractivity (Wildman–Crippen MR) is 64.1 cm³/mol. The lowest BCUT2D eigenvalue weighted by molar-refractivity contribution is 0.532. The molecule has 78 valence electrons. The molecule has 0 nitrogen and oxygen atoms in total. The van der Waals surface area contributed by atoms with Gasteiger partial charge in [-0.2, -0.15) is 0 Å². The van der Waals surface area contributed by atoms with Crippen LogP contribution in [0.2, 0.25) is 0 Å². The molecule has 0 aliphatic carbocycles. The van der Waals surface area contributed by atoms with Gasteiger partial charge in [0.05, 0.1) is 0 Å². The van der Waals surface area contributed by atoms with Crippen molar-refractivity contribution in [3.8, 4) is 0 Å². The molecule has 3 unspecified atom stereocenters. The summed E-state index contributed by atoms with van der Waals surface area (Å²) in [6, 6.07) is 0. The third kappa shape index (κ3) is 4.45. The van der Waals surface area contributed by atoms with Gasteiger partial charge in [0.25, 0.3) is 0 Å². The average molecular weight is 200 g/mol. The van der Waals surface area contributed by atoms with Crippen molar-refractivity contribution in [3.05, 3.63) is 0 Å². The van der Waals surface area contributed by atoms with Gasteiger partial charge in [-0.3, -0.25) is 0 Å². The summed E-state index contributed by atoms with van der Waals surface area (Å²) < 4.78 is 0. The Morgan fingerprint density at radius 3 is 2.23 bits per heavy atom. The Labute approximate surface area is 85.7 Å². The first-order valence-electron chi connectivity index (χ1n) is 5.96. The van der Waals surface area contributed by atoms with Gasteiger partial charge in [-0.15, -0.1) is 8.58 Å². The Balaban J connectivity index is 2.41. The molecule has 3 atom stereocenters. The van der Waals surface area contributed by atoms with E-state index >= 15 is 0 Å². The van der Waals surface area contributed by atoms with E-state index in [1.54, 1.807) is 0 Å². The highest BCUT2D eigenvalue weighted by Gasteiger charge is 2.17. The predicted octanol–water partition coefficient (Wildman–Crippen LogP) is 4.43. The fraction of sp³-hybridized carbons (Fsp3) is 1.00. The van der Waals surface area contributed by atoms with Crippen LogP contribution in [0.1, 0.15) is 59.3 Å². The molecule has 1 aliphatic heterocycles. The van der Waals surface area contributed by atoms with Crippen molar-refractivity contribution in [2.75, 3.05) is 0 Å². The van der Waals surface area contributed by atoms with Crippen molar-refractivity contribution >= 4 is 8.58 Å². The van der Waals surface area contributed by atoms with Gasteiger partial charge >= 0.3 is 0 Å². The molecule has 0 radical (unpaired) electrons. The molecule has 13 heavy (non-hydrogen) atoms. The quantitative estimate of drug-likeness (QED) is 0.549. The van der Waals surface area contributed by atoms with Gasteiger partial charge in [-0.05, 0) is 30.1 Å². The molecule has 1 heteroatoms. The molecule has 0 spiro atoms. The summed E-state index contributed by atoms with van der Waals surface area (Å²) in [4.78, 5) is 0. The standard InChI is InChI=1S/C12H25P/c1-10(2)12-9-7-5-4-6-8-11(3)13-12/h10-13H,4-9H2,1-3H3. The molecule has 0 aromatic heterocycles. The first-order valence-corrected chi connectivity index (χ1v) is 7.11. The second kappa shape index (κ2) is 6.02. The molecule has 0 amide bonds. The summed E-state index contributed by atoms with van der Waals surface area (Å²) in [5.74, 6) is 0.916. The second-order valence-electron chi connectivity index (χ2n) is 4.91. The molecule has 1 fully saturated rings. The minimum Gasteiger partial charge on any atom is -0.116 e. The summed E-state index contributed by atoms with van der Waals surface area (Å²) in [5.41, 5.74) is 2.04. The summed E-state index contributed by atoms with van der Waals surface area (Å²) in [6.45, 7) is 7.27. The molecule has 0 bridgehead atoms. The van der Waals surface area contributed by atoms with Crippen molar-refractivity contribution in [1.82, 2.24) is 0 Å². The minimum absolute atomic E-state index is 0.916. The monoisotopic (exact) mass is 200 g/mol. The van der Waals surface area contributed by atoms with Gasteiger partial charge in [0, 0.05) is 0 Å². The van der Waals surface area contributed by atoms with Crippen LogP contribution < -0.4 is 0 Å². The van der Waals surface area contributed by atoms with Crippen molar-refractivity contribution < 1.29 is 0 Å². The molecule has 1 rings (SSSR count). The maximum atomic E-state index is 2.46. The molecular weight excluding hydrogens is 175 g/mol. The van der Waals surface area contributed by atoms with Gasteiger partial charge in [0.1, 0.15) is 0 Å². The first-order chi connectivity index (χ1) is 6.20. The zero-order valence-electron chi connectivity index (χ0n) is 9.47. The summed E-state index contributed by atoms with van der Waals surface area (Å²) in [6.07, 6.45) is 8.93. The largest absolute Gasteiger partial charge is 0.116 e. The number of rotatable bonds is 1. The van der Waals surface area contributed by atoms with Crippen LogP contribution >= 0.6 is 8.58 Å². The van der Waals surface area contributed by atoms with E-state index in [9.17, 15) is 0 Å². The topological polar surface area (TPSA) is 0 Å². The fourth-order valence-electron chi connectivity index (χ4n) is 2.23. The first kappa shape index (κ1) is 11.5. The second-order valence-corrected chi connectivity index (χ2v) is 6.97. The highest BCUT2D eigenvalue weighted by Crippen LogP contribution is 2.37. The summed E-state index contributed by atoms with van der Waals surface area (Å²) >= 11 is 0. The molecule has 0 aromatic rings. The van der Waals surface area contributed by atoms with E-state index in [2.05, 4.69) is 20.8 Å². The van der Waals surface area contributed by atoms with E-state index in [4.69, 9.17) is 0 Å². The van der Waals surface area contributed by atoms with Gasteiger partial charge in [0.15, 0.2) is 0 Å². The number of hydrogen-bond acceptors (Lipinski definition) is 0. The maximum absolute atomic E-state index is 2.46. The van der Waals surface area contributed by atoms with Crippen LogP contribution in [-0.2, 0) is 0 Å². The summed E-state index contributed by atoms with van der Waals surface area (Å²) in [5, 5.41) is 0.